The van der Waals surface area contributed by atoms with Gasteiger partial charge in [-0.25, -0.2) is 0 Å². The SMILES string of the molecule is CC1(C)c2ccccc2-c2ccc(N(c3cccc4oc5ccccc5c34)c3cccc4sc5cc6c(cc5c34)-c3ccccc3C63c4ccccc4Sc4ccccc43)cc21. The van der Waals surface area contributed by atoms with Gasteiger partial charge in [-0.1, -0.05) is 147 Å². The molecule has 3 aliphatic rings. The molecule has 2 aliphatic carbocycles. The fraction of sp³-hybridized carbons (Fsp3) is 0.0690. The quantitative estimate of drug-likeness (QED) is 0.177. The third kappa shape index (κ3) is 4.40. The van der Waals surface area contributed by atoms with E-state index in [1.807, 2.05) is 23.1 Å². The Balaban J connectivity index is 1.07. The minimum absolute atomic E-state index is 0.151. The van der Waals surface area contributed by atoms with Crippen molar-refractivity contribution in [3.05, 3.63) is 221 Å². The molecule has 3 heterocycles. The van der Waals surface area contributed by atoms with Gasteiger partial charge in [0.15, 0.2) is 0 Å². The predicted octanol–water partition coefficient (Wildman–Crippen LogP) is 16.6. The Morgan fingerprint density at radius 2 is 1.03 bits per heavy atom. The molecule has 0 atom stereocenters. The number of fused-ring (bicyclic) bond motifs is 18. The summed E-state index contributed by atoms with van der Waals surface area (Å²) in [6.07, 6.45) is 0. The lowest BCUT2D eigenvalue weighted by atomic mass is 9.67. The molecule has 1 spiro atoms. The summed E-state index contributed by atoms with van der Waals surface area (Å²) in [6.45, 7) is 4.74. The molecule has 0 bridgehead atoms. The average Bonchev–Trinajstić information content (AvgIpc) is 4.02. The highest BCUT2D eigenvalue weighted by Crippen LogP contribution is 2.63. The smallest absolute Gasteiger partial charge is 0.137 e. The summed E-state index contributed by atoms with van der Waals surface area (Å²) in [5.74, 6) is 0. The summed E-state index contributed by atoms with van der Waals surface area (Å²) in [5.41, 5.74) is 18.0. The molecule has 14 rings (SSSR count). The maximum absolute atomic E-state index is 6.57. The van der Waals surface area contributed by atoms with E-state index in [2.05, 4.69) is 207 Å². The lowest BCUT2D eigenvalue weighted by Gasteiger charge is -2.39. The molecule has 11 aromatic rings. The zero-order valence-corrected chi connectivity index (χ0v) is 35.7. The van der Waals surface area contributed by atoms with E-state index in [1.54, 1.807) is 0 Å². The molecule has 9 aromatic carbocycles. The van der Waals surface area contributed by atoms with Crippen LogP contribution in [0.15, 0.2) is 202 Å². The Kier molecular flexibility index (Phi) is 6.95. The van der Waals surface area contributed by atoms with Crippen LogP contribution in [0.2, 0.25) is 0 Å². The van der Waals surface area contributed by atoms with E-state index in [0.717, 1.165) is 39.0 Å². The van der Waals surface area contributed by atoms with Crippen LogP contribution < -0.4 is 4.90 Å². The minimum Gasteiger partial charge on any atom is -0.456 e. The van der Waals surface area contributed by atoms with E-state index in [-0.39, 0.29) is 5.41 Å². The van der Waals surface area contributed by atoms with Crippen LogP contribution >= 0.6 is 23.1 Å². The molecule has 2 aromatic heterocycles. The maximum atomic E-state index is 6.57. The molecule has 0 saturated heterocycles. The number of rotatable bonds is 3. The number of anilines is 3. The van der Waals surface area contributed by atoms with Crippen LogP contribution in [0, 0.1) is 0 Å². The summed E-state index contributed by atoms with van der Waals surface area (Å²) in [4.78, 5) is 5.17. The Labute approximate surface area is 367 Å². The number of nitrogens with zero attached hydrogens (tertiary/aromatic N) is 1. The number of para-hydroxylation sites is 1. The first kappa shape index (κ1) is 34.8. The van der Waals surface area contributed by atoms with Gasteiger partial charge in [0.25, 0.3) is 0 Å². The summed E-state index contributed by atoms with van der Waals surface area (Å²) in [7, 11) is 0. The van der Waals surface area contributed by atoms with Crippen LogP contribution in [0.5, 0.6) is 0 Å². The monoisotopic (exact) mass is 827 g/mol. The fourth-order valence-electron chi connectivity index (χ4n) is 11.5. The normalized spacial score (nSPS) is 14.8. The van der Waals surface area contributed by atoms with Gasteiger partial charge in [0.05, 0.1) is 22.2 Å². The molecular weight excluding hydrogens is 791 g/mol. The van der Waals surface area contributed by atoms with Gasteiger partial charge in [0.2, 0.25) is 0 Å². The van der Waals surface area contributed by atoms with Crippen molar-refractivity contribution in [2.45, 2.75) is 34.5 Å². The van der Waals surface area contributed by atoms with Crippen LogP contribution in [0.3, 0.4) is 0 Å². The summed E-state index contributed by atoms with van der Waals surface area (Å²) in [6, 6.07) is 70.3. The summed E-state index contributed by atoms with van der Waals surface area (Å²) >= 11 is 3.80. The zero-order valence-electron chi connectivity index (χ0n) is 34.1. The lowest BCUT2D eigenvalue weighted by molar-refractivity contribution is 0.660. The van der Waals surface area contributed by atoms with Crippen molar-refractivity contribution in [2.75, 3.05) is 4.90 Å². The second kappa shape index (κ2) is 12.4. The summed E-state index contributed by atoms with van der Waals surface area (Å²) < 4.78 is 9.13. The number of hydrogen-bond donors (Lipinski definition) is 0. The highest BCUT2D eigenvalue weighted by atomic mass is 32.2. The van der Waals surface area contributed by atoms with E-state index >= 15 is 0 Å². The van der Waals surface area contributed by atoms with Crippen molar-refractivity contribution < 1.29 is 4.42 Å². The van der Waals surface area contributed by atoms with Gasteiger partial charge < -0.3 is 9.32 Å². The van der Waals surface area contributed by atoms with Crippen molar-refractivity contribution >= 4 is 82.3 Å². The van der Waals surface area contributed by atoms with Gasteiger partial charge in [-0.15, -0.1) is 11.3 Å². The molecule has 292 valence electrons. The van der Waals surface area contributed by atoms with Crippen molar-refractivity contribution in [1.82, 2.24) is 0 Å². The Bertz CT molecular complexity index is 3690. The number of hydrogen-bond acceptors (Lipinski definition) is 4. The molecule has 1 aliphatic heterocycles. The van der Waals surface area contributed by atoms with Gasteiger partial charge in [-0.3, -0.25) is 0 Å². The standard InChI is InChI=1S/C58H37NOS2/c1-57(2)41-18-6-3-15-35(41)37-30-29-34(31-45(37)57)59(47-22-13-25-50-55(47)38-17-5-10-24-49(38)60-50)48-23-14-28-53-56(48)40-32-39-36-16-4-7-19-42(36)58(46(39)33-54(40)62-53)43-20-8-11-26-51(43)61-52-27-12-9-21-44(52)58/h3-33H,1-2H3. The van der Waals surface area contributed by atoms with Gasteiger partial charge in [-0.05, 0) is 122 Å². The Hall–Kier alpha value is -6.85. The molecular formula is C58H37NOS2. The number of furan rings is 1. The highest BCUT2D eigenvalue weighted by molar-refractivity contribution is 7.99. The van der Waals surface area contributed by atoms with E-state index in [9.17, 15) is 0 Å². The molecule has 0 unspecified atom stereocenters. The Morgan fingerprint density at radius 3 is 1.82 bits per heavy atom. The first-order chi connectivity index (χ1) is 30.5. The number of benzene rings is 9. The number of thiophene rings is 1. The third-order valence-electron chi connectivity index (χ3n) is 14.1. The van der Waals surface area contributed by atoms with Gasteiger partial charge in [-0.2, -0.15) is 0 Å². The Morgan fingerprint density at radius 1 is 0.419 bits per heavy atom. The van der Waals surface area contributed by atoms with Crippen LogP contribution in [0.4, 0.5) is 17.1 Å². The van der Waals surface area contributed by atoms with E-state index < -0.39 is 5.41 Å². The van der Waals surface area contributed by atoms with Crippen molar-refractivity contribution in [3.63, 3.8) is 0 Å². The first-order valence-corrected chi connectivity index (χ1v) is 23.0. The van der Waals surface area contributed by atoms with Crippen LogP contribution in [-0.4, -0.2) is 0 Å². The van der Waals surface area contributed by atoms with Crippen molar-refractivity contribution in [2.24, 2.45) is 0 Å². The minimum atomic E-state index is -0.420. The largest absolute Gasteiger partial charge is 0.456 e. The van der Waals surface area contributed by atoms with E-state index in [0.29, 0.717) is 0 Å². The van der Waals surface area contributed by atoms with Crippen LogP contribution in [0.1, 0.15) is 47.2 Å². The average molecular weight is 828 g/mol. The molecule has 0 amide bonds. The van der Waals surface area contributed by atoms with E-state index in [4.69, 9.17) is 4.42 Å². The summed E-state index contributed by atoms with van der Waals surface area (Å²) in [5, 5.41) is 4.78. The predicted molar refractivity (Wildman–Crippen MR) is 260 cm³/mol. The first-order valence-electron chi connectivity index (χ1n) is 21.4. The van der Waals surface area contributed by atoms with Gasteiger partial charge in [0.1, 0.15) is 11.2 Å². The fourth-order valence-corrected chi connectivity index (χ4v) is 13.9. The molecule has 4 heteroatoms. The van der Waals surface area contributed by atoms with Gasteiger partial charge in [0, 0.05) is 46.5 Å². The molecule has 0 radical (unpaired) electrons. The molecule has 62 heavy (non-hydrogen) atoms. The second-order valence-electron chi connectivity index (χ2n) is 17.5. The maximum Gasteiger partial charge on any atom is 0.137 e. The molecule has 0 fully saturated rings. The lowest BCUT2D eigenvalue weighted by Crippen LogP contribution is -2.31. The second-order valence-corrected chi connectivity index (χ2v) is 19.7. The highest BCUT2D eigenvalue weighted by Gasteiger charge is 2.50. The topological polar surface area (TPSA) is 16.4 Å². The van der Waals surface area contributed by atoms with Crippen molar-refractivity contribution in [3.8, 4) is 22.3 Å². The zero-order chi connectivity index (χ0) is 40.9. The third-order valence-corrected chi connectivity index (χ3v) is 16.4. The molecule has 0 N–H and O–H groups in total. The van der Waals surface area contributed by atoms with E-state index in [1.165, 1.54) is 85.6 Å². The van der Waals surface area contributed by atoms with Crippen molar-refractivity contribution in [1.29, 1.82) is 0 Å². The molecule has 0 saturated carbocycles. The van der Waals surface area contributed by atoms with Crippen LogP contribution in [-0.2, 0) is 10.8 Å². The molecule has 2 nitrogen and oxygen atoms in total. The van der Waals surface area contributed by atoms with Gasteiger partial charge >= 0.3 is 0 Å². The van der Waals surface area contributed by atoms with Crippen LogP contribution in [0.25, 0.3) is 64.4 Å².